The Balaban J connectivity index is 2.21. The second-order valence-electron chi connectivity index (χ2n) is 4.37. The van der Waals surface area contributed by atoms with Gasteiger partial charge in [-0.1, -0.05) is 55.5 Å². The van der Waals surface area contributed by atoms with E-state index >= 15 is 0 Å². The molecule has 79 valence electrons. The molecule has 2 aromatic carbocycles. The second kappa shape index (κ2) is 3.79. The Morgan fingerprint density at radius 3 is 1.88 bits per heavy atom. The molecular weight excluding hydrogens is 192 g/mol. The predicted octanol–water partition coefficient (Wildman–Crippen LogP) is 4.41. The molecule has 0 unspecified atom stereocenters. The molecule has 3 rings (SSSR count). The van der Waals surface area contributed by atoms with Crippen LogP contribution in [-0.2, 0) is 0 Å². The average molecular weight is 207 g/mol. The highest BCUT2D eigenvalue weighted by Gasteiger charge is 2.26. The molecule has 0 spiro atoms. The summed E-state index contributed by atoms with van der Waals surface area (Å²) in [5, 5.41) is 0. The van der Waals surface area contributed by atoms with Gasteiger partial charge >= 0.3 is 0 Å². The van der Waals surface area contributed by atoms with Crippen LogP contribution in [0.4, 0.5) is 0 Å². The van der Waals surface area contributed by atoms with Gasteiger partial charge in [-0.15, -0.1) is 0 Å². The minimum absolute atomic E-state index is 0.567. The Hall–Kier alpha value is -1.56. The summed E-state index contributed by atoms with van der Waals surface area (Å²) in [6, 6.07) is 17.6. The molecular formula is C16H15. The van der Waals surface area contributed by atoms with Crippen LogP contribution in [0.25, 0.3) is 11.1 Å². The van der Waals surface area contributed by atoms with E-state index in [-0.39, 0.29) is 0 Å². The van der Waals surface area contributed by atoms with Gasteiger partial charge in [0.05, 0.1) is 0 Å². The first-order chi connectivity index (χ1) is 7.92. The third kappa shape index (κ3) is 1.30. The quantitative estimate of drug-likeness (QED) is 0.684. The van der Waals surface area contributed by atoms with Gasteiger partial charge in [-0.05, 0) is 35.1 Å². The van der Waals surface area contributed by atoms with Crippen LogP contribution in [0.15, 0.2) is 48.5 Å². The minimum atomic E-state index is 0.567. The van der Waals surface area contributed by atoms with E-state index in [1.54, 1.807) is 0 Å². The van der Waals surface area contributed by atoms with Crippen LogP contribution < -0.4 is 0 Å². The van der Waals surface area contributed by atoms with E-state index in [2.05, 4.69) is 61.9 Å². The fourth-order valence-electron chi connectivity index (χ4n) is 2.75. The number of benzene rings is 2. The maximum atomic E-state index is 2.27. The lowest BCUT2D eigenvalue weighted by molar-refractivity contribution is 0.812. The Morgan fingerprint density at radius 2 is 1.38 bits per heavy atom. The molecule has 2 aromatic rings. The van der Waals surface area contributed by atoms with Crippen molar-refractivity contribution in [3.05, 3.63) is 66.1 Å². The average Bonchev–Trinajstić information content (AvgIpc) is 2.66. The third-order valence-corrected chi connectivity index (χ3v) is 3.43. The van der Waals surface area contributed by atoms with Crippen molar-refractivity contribution in [2.45, 2.75) is 19.3 Å². The molecule has 0 atom stereocenters. The van der Waals surface area contributed by atoms with Crippen molar-refractivity contribution >= 4 is 0 Å². The van der Waals surface area contributed by atoms with Crippen molar-refractivity contribution < 1.29 is 0 Å². The number of fused-ring (bicyclic) bond motifs is 3. The molecule has 0 bridgehead atoms. The van der Waals surface area contributed by atoms with Crippen LogP contribution in [0.1, 0.15) is 30.4 Å². The zero-order valence-electron chi connectivity index (χ0n) is 9.48. The van der Waals surface area contributed by atoms with Gasteiger partial charge in [0, 0.05) is 5.92 Å². The summed E-state index contributed by atoms with van der Waals surface area (Å²) in [6.45, 7) is 2.14. The monoisotopic (exact) mass is 207 g/mol. The summed E-state index contributed by atoms with van der Waals surface area (Å²) in [4.78, 5) is 0. The fourth-order valence-corrected chi connectivity index (χ4v) is 2.75. The lowest BCUT2D eigenvalue weighted by Gasteiger charge is -2.11. The SMILES string of the molecule is C[CH]CC1c2ccccc2-c2ccccc21. The molecule has 0 heteroatoms. The van der Waals surface area contributed by atoms with Crippen LogP contribution >= 0.6 is 0 Å². The molecule has 0 aromatic heterocycles. The van der Waals surface area contributed by atoms with E-state index in [9.17, 15) is 0 Å². The lowest BCUT2D eigenvalue weighted by Crippen LogP contribution is -1.95. The Labute approximate surface area is 96.9 Å². The smallest absolute Gasteiger partial charge is 0.0104 e. The standard InChI is InChI=1S/C16H15/c1-2-7-12-13-8-3-5-10-15(13)16-11-6-4-9-14(12)16/h2-6,8-12H,7H2,1H3. The molecule has 0 aliphatic heterocycles. The third-order valence-electron chi connectivity index (χ3n) is 3.43. The van der Waals surface area contributed by atoms with E-state index < -0.39 is 0 Å². The van der Waals surface area contributed by atoms with Crippen molar-refractivity contribution in [1.82, 2.24) is 0 Å². The Morgan fingerprint density at radius 1 is 0.875 bits per heavy atom. The summed E-state index contributed by atoms with van der Waals surface area (Å²) in [6.07, 6.45) is 3.40. The zero-order valence-corrected chi connectivity index (χ0v) is 9.48. The zero-order chi connectivity index (χ0) is 11.0. The van der Waals surface area contributed by atoms with Crippen LogP contribution in [0.3, 0.4) is 0 Å². The van der Waals surface area contributed by atoms with Crippen molar-refractivity contribution in [2.75, 3.05) is 0 Å². The van der Waals surface area contributed by atoms with E-state index in [0.29, 0.717) is 5.92 Å². The molecule has 1 aliphatic rings. The molecule has 0 saturated heterocycles. The maximum absolute atomic E-state index is 2.27. The summed E-state index contributed by atoms with van der Waals surface area (Å²) >= 11 is 0. The molecule has 0 amide bonds. The Kier molecular flexibility index (Phi) is 2.28. The van der Waals surface area contributed by atoms with Gasteiger partial charge in [-0.25, -0.2) is 0 Å². The topological polar surface area (TPSA) is 0 Å². The highest BCUT2D eigenvalue weighted by Crippen LogP contribution is 2.46. The first-order valence-corrected chi connectivity index (χ1v) is 5.88. The van der Waals surface area contributed by atoms with Gasteiger partial charge in [-0.2, -0.15) is 0 Å². The number of rotatable bonds is 2. The summed E-state index contributed by atoms with van der Waals surface area (Å²) in [5.74, 6) is 0.567. The van der Waals surface area contributed by atoms with Gasteiger partial charge in [0.25, 0.3) is 0 Å². The largest absolute Gasteiger partial charge is 0.0622 e. The molecule has 0 heterocycles. The first-order valence-electron chi connectivity index (χ1n) is 5.88. The predicted molar refractivity (Wildman–Crippen MR) is 68.3 cm³/mol. The van der Waals surface area contributed by atoms with Crippen molar-refractivity contribution in [3.63, 3.8) is 0 Å². The molecule has 0 fully saturated rings. The normalized spacial score (nSPS) is 13.6. The molecule has 1 aliphatic carbocycles. The summed E-state index contributed by atoms with van der Waals surface area (Å²) in [7, 11) is 0. The lowest BCUT2D eigenvalue weighted by atomic mass is 9.93. The number of hydrogen-bond donors (Lipinski definition) is 0. The van der Waals surface area contributed by atoms with Gasteiger partial charge < -0.3 is 0 Å². The molecule has 1 radical (unpaired) electrons. The summed E-state index contributed by atoms with van der Waals surface area (Å²) < 4.78 is 0. The van der Waals surface area contributed by atoms with Crippen molar-refractivity contribution in [2.24, 2.45) is 0 Å². The summed E-state index contributed by atoms with van der Waals surface area (Å²) in [5.41, 5.74) is 5.82. The van der Waals surface area contributed by atoms with Crippen LogP contribution in [0.5, 0.6) is 0 Å². The van der Waals surface area contributed by atoms with Crippen LogP contribution in [-0.4, -0.2) is 0 Å². The first kappa shape index (κ1) is 9.65. The molecule has 0 N–H and O–H groups in total. The van der Waals surface area contributed by atoms with Gasteiger partial charge in [-0.3, -0.25) is 0 Å². The second-order valence-corrected chi connectivity index (χ2v) is 4.37. The van der Waals surface area contributed by atoms with Crippen LogP contribution in [0, 0.1) is 6.42 Å². The Bertz CT molecular complexity index is 465. The highest BCUT2D eigenvalue weighted by atomic mass is 14.3. The highest BCUT2D eigenvalue weighted by molar-refractivity contribution is 5.78. The van der Waals surface area contributed by atoms with Crippen molar-refractivity contribution in [1.29, 1.82) is 0 Å². The number of hydrogen-bond acceptors (Lipinski definition) is 0. The van der Waals surface area contributed by atoms with Gasteiger partial charge in [0.2, 0.25) is 0 Å². The van der Waals surface area contributed by atoms with Crippen molar-refractivity contribution in [3.8, 4) is 11.1 Å². The van der Waals surface area contributed by atoms with E-state index in [4.69, 9.17) is 0 Å². The molecule has 0 nitrogen and oxygen atoms in total. The molecule has 0 saturated carbocycles. The molecule has 16 heavy (non-hydrogen) atoms. The van der Waals surface area contributed by atoms with E-state index in [0.717, 1.165) is 6.42 Å². The minimum Gasteiger partial charge on any atom is -0.0622 e. The fraction of sp³-hybridized carbons (Fsp3) is 0.188. The van der Waals surface area contributed by atoms with E-state index in [1.807, 2.05) is 0 Å². The van der Waals surface area contributed by atoms with E-state index in [1.165, 1.54) is 22.3 Å². The van der Waals surface area contributed by atoms with Gasteiger partial charge in [0.15, 0.2) is 0 Å². The van der Waals surface area contributed by atoms with Crippen LogP contribution in [0.2, 0.25) is 0 Å². The maximum Gasteiger partial charge on any atom is 0.0104 e. The van der Waals surface area contributed by atoms with Gasteiger partial charge in [0.1, 0.15) is 0 Å².